The second-order valence-electron chi connectivity index (χ2n) is 5.18. The molecular formula is C17H16N4O4. The summed E-state index contributed by atoms with van der Waals surface area (Å²) < 4.78 is 11.4. The van der Waals surface area contributed by atoms with Crippen LogP contribution in [0.5, 0.6) is 11.5 Å². The number of benzene rings is 2. The Bertz CT molecular complexity index is 984. The number of nitrogens with zero attached hydrogens (tertiary/aromatic N) is 3. The first-order valence-electron chi connectivity index (χ1n) is 7.47. The van der Waals surface area contributed by atoms with Crippen LogP contribution in [0.1, 0.15) is 0 Å². The van der Waals surface area contributed by atoms with Crippen LogP contribution in [0.15, 0.2) is 47.3 Å². The van der Waals surface area contributed by atoms with E-state index in [-0.39, 0.29) is 12.1 Å². The van der Waals surface area contributed by atoms with Crippen molar-refractivity contribution in [2.24, 2.45) is 0 Å². The average Bonchev–Trinajstić information content (AvgIpc) is 2.64. The van der Waals surface area contributed by atoms with E-state index in [0.717, 1.165) is 4.68 Å². The van der Waals surface area contributed by atoms with Crippen LogP contribution in [0.4, 0.5) is 5.69 Å². The lowest BCUT2D eigenvalue weighted by molar-refractivity contribution is -0.117. The maximum atomic E-state index is 12.4. The molecule has 128 valence electrons. The maximum Gasteiger partial charge on any atom is 0.278 e. The number of carbonyl (C=O) groups is 1. The third-order valence-electron chi connectivity index (χ3n) is 3.60. The van der Waals surface area contributed by atoms with Gasteiger partial charge in [-0.2, -0.15) is 0 Å². The predicted molar refractivity (Wildman–Crippen MR) is 92.0 cm³/mol. The lowest BCUT2D eigenvalue weighted by Gasteiger charge is -2.12. The van der Waals surface area contributed by atoms with Gasteiger partial charge in [0.2, 0.25) is 5.91 Å². The summed E-state index contributed by atoms with van der Waals surface area (Å²) in [5.41, 5.74) is 0.547. The zero-order chi connectivity index (χ0) is 17.8. The van der Waals surface area contributed by atoms with Crippen molar-refractivity contribution >= 4 is 22.5 Å². The summed E-state index contributed by atoms with van der Waals surface area (Å²) in [6.45, 7) is -0.267. The van der Waals surface area contributed by atoms with Crippen molar-refractivity contribution in [2.75, 3.05) is 19.5 Å². The summed E-state index contributed by atoms with van der Waals surface area (Å²) in [7, 11) is 3.02. The number of hydrogen-bond acceptors (Lipinski definition) is 6. The molecule has 25 heavy (non-hydrogen) atoms. The molecule has 0 spiro atoms. The van der Waals surface area contributed by atoms with Gasteiger partial charge in [-0.25, -0.2) is 4.68 Å². The highest BCUT2D eigenvalue weighted by atomic mass is 16.5. The summed E-state index contributed by atoms with van der Waals surface area (Å²) in [5, 5.41) is 10.8. The molecule has 0 radical (unpaired) electrons. The van der Waals surface area contributed by atoms with Crippen LogP contribution in [0.25, 0.3) is 10.9 Å². The molecule has 0 aliphatic carbocycles. The minimum Gasteiger partial charge on any atom is -0.497 e. The first-order valence-corrected chi connectivity index (χ1v) is 7.47. The van der Waals surface area contributed by atoms with E-state index < -0.39 is 5.91 Å². The monoisotopic (exact) mass is 340 g/mol. The first kappa shape index (κ1) is 16.4. The van der Waals surface area contributed by atoms with E-state index in [9.17, 15) is 9.59 Å². The molecule has 0 unspecified atom stereocenters. The van der Waals surface area contributed by atoms with E-state index in [0.29, 0.717) is 28.1 Å². The molecule has 3 rings (SSSR count). The standard InChI is InChI=1S/C17H16N4O4/c1-24-11-7-8-15(25-2)14(9-11)18-16(22)10-21-17(23)12-5-3-4-6-13(12)19-20-21/h3-9H,10H2,1-2H3,(H,18,22). The Balaban J connectivity index is 1.84. The molecule has 0 bridgehead atoms. The number of hydrogen-bond donors (Lipinski definition) is 1. The van der Waals surface area contributed by atoms with Gasteiger partial charge < -0.3 is 14.8 Å². The number of carbonyl (C=O) groups excluding carboxylic acids is 1. The number of methoxy groups -OCH3 is 2. The minimum atomic E-state index is -0.432. The topological polar surface area (TPSA) is 95.3 Å². The van der Waals surface area contributed by atoms with Crippen LogP contribution in [0.2, 0.25) is 0 Å². The van der Waals surface area contributed by atoms with Crippen molar-refractivity contribution in [3.05, 3.63) is 52.8 Å². The van der Waals surface area contributed by atoms with Crippen LogP contribution >= 0.6 is 0 Å². The van der Waals surface area contributed by atoms with Gasteiger partial charge in [0.05, 0.1) is 25.3 Å². The summed E-state index contributed by atoms with van der Waals surface area (Å²) >= 11 is 0. The molecule has 1 aromatic heterocycles. The van der Waals surface area contributed by atoms with Gasteiger partial charge in [-0.3, -0.25) is 9.59 Å². The highest BCUT2D eigenvalue weighted by Gasteiger charge is 2.12. The van der Waals surface area contributed by atoms with E-state index in [4.69, 9.17) is 9.47 Å². The Morgan fingerprint density at radius 1 is 1.16 bits per heavy atom. The highest BCUT2D eigenvalue weighted by Crippen LogP contribution is 2.28. The van der Waals surface area contributed by atoms with Gasteiger partial charge in [0.1, 0.15) is 23.6 Å². The molecule has 0 saturated carbocycles. The number of aromatic nitrogens is 3. The number of anilines is 1. The molecule has 2 aromatic carbocycles. The molecule has 8 heteroatoms. The smallest absolute Gasteiger partial charge is 0.278 e. The van der Waals surface area contributed by atoms with Gasteiger partial charge in [-0.15, -0.1) is 5.10 Å². The van der Waals surface area contributed by atoms with Crippen molar-refractivity contribution < 1.29 is 14.3 Å². The second kappa shape index (κ2) is 7.00. The van der Waals surface area contributed by atoms with E-state index in [2.05, 4.69) is 15.6 Å². The van der Waals surface area contributed by atoms with E-state index >= 15 is 0 Å². The maximum absolute atomic E-state index is 12.4. The molecule has 1 amide bonds. The number of nitrogens with one attached hydrogen (secondary N) is 1. The lowest BCUT2D eigenvalue weighted by atomic mass is 10.2. The average molecular weight is 340 g/mol. The second-order valence-corrected chi connectivity index (χ2v) is 5.18. The van der Waals surface area contributed by atoms with Gasteiger partial charge in [0.15, 0.2) is 0 Å². The number of amides is 1. The SMILES string of the molecule is COc1ccc(OC)c(NC(=O)Cn2nnc3ccccc3c2=O)c1. The molecule has 0 atom stereocenters. The van der Waals surface area contributed by atoms with E-state index in [1.807, 2.05) is 0 Å². The molecule has 8 nitrogen and oxygen atoms in total. The normalized spacial score (nSPS) is 10.5. The summed E-state index contributed by atoms with van der Waals surface area (Å²) in [5.74, 6) is 0.614. The lowest BCUT2D eigenvalue weighted by Crippen LogP contribution is -2.30. The third kappa shape index (κ3) is 3.42. The van der Waals surface area contributed by atoms with E-state index in [1.54, 1.807) is 42.5 Å². The number of ether oxygens (including phenoxy) is 2. The van der Waals surface area contributed by atoms with Gasteiger partial charge in [-0.1, -0.05) is 17.3 Å². The summed E-state index contributed by atoms with van der Waals surface area (Å²) in [6, 6.07) is 11.9. The van der Waals surface area contributed by atoms with Gasteiger partial charge in [0.25, 0.3) is 5.56 Å². The first-order chi connectivity index (χ1) is 12.1. The molecule has 0 fully saturated rings. The van der Waals surface area contributed by atoms with Crippen LogP contribution in [-0.4, -0.2) is 35.1 Å². The third-order valence-corrected chi connectivity index (χ3v) is 3.60. The van der Waals surface area contributed by atoms with Crippen molar-refractivity contribution in [1.29, 1.82) is 0 Å². The molecule has 0 aliphatic heterocycles. The fourth-order valence-corrected chi connectivity index (χ4v) is 2.36. The predicted octanol–water partition coefficient (Wildman–Crippen LogP) is 1.45. The Hall–Kier alpha value is -3.42. The van der Waals surface area contributed by atoms with Gasteiger partial charge in [-0.05, 0) is 24.3 Å². The summed E-state index contributed by atoms with van der Waals surface area (Å²) in [4.78, 5) is 24.7. The van der Waals surface area contributed by atoms with E-state index in [1.165, 1.54) is 14.2 Å². The highest BCUT2D eigenvalue weighted by molar-refractivity contribution is 5.92. The number of rotatable bonds is 5. The summed E-state index contributed by atoms with van der Waals surface area (Å²) in [6.07, 6.45) is 0. The Morgan fingerprint density at radius 2 is 1.96 bits per heavy atom. The van der Waals surface area contributed by atoms with Crippen LogP contribution < -0.4 is 20.3 Å². The Labute approximate surface area is 143 Å². The zero-order valence-corrected chi connectivity index (χ0v) is 13.7. The van der Waals surface area contributed by atoms with Crippen molar-refractivity contribution in [3.63, 3.8) is 0 Å². The molecule has 1 heterocycles. The fourth-order valence-electron chi connectivity index (χ4n) is 2.36. The van der Waals surface area contributed by atoms with Crippen LogP contribution in [0.3, 0.4) is 0 Å². The van der Waals surface area contributed by atoms with Crippen molar-refractivity contribution in [2.45, 2.75) is 6.54 Å². The molecule has 0 aliphatic rings. The minimum absolute atomic E-state index is 0.267. The molecular weight excluding hydrogens is 324 g/mol. The van der Waals surface area contributed by atoms with Gasteiger partial charge >= 0.3 is 0 Å². The van der Waals surface area contributed by atoms with Gasteiger partial charge in [0, 0.05) is 6.07 Å². The van der Waals surface area contributed by atoms with Crippen molar-refractivity contribution in [3.8, 4) is 11.5 Å². The molecule has 1 N–H and O–H groups in total. The largest absolute Gasteiger partial charge is 0.497 e. The quantitative estimate of drug-likeness (QED) is 0.755. The Kier molecular flexibility index (Phi) is 4.60. The zero-order valence-electron chi connectivity index (χ0n) is 13.7. The van der Waals surface area contributed by atoms with Crippen LogP contribution in [0, 0.1) is 0 Å². The van der Waals surface area contributed by atoms with Crippen LogP contribution in [-0.2, 0) is 11.3 Å². The fraction of sp³-hybridized carbons (Fsp3) is 0.176. The van der Waals surface area contributed by atoms with Crippen molar-refractivity contribution in [1.82, 2.24) is 15.0 Å². The Morgan fingerprint density at radius 3 is 2.72 bits per heavy atom. The molecule has 0 saturated heterocycles. The number of fused-ring (bicyclic) bond motifs is 1. The molecule has 3 aromatic rings.